The number of benzene rings is 8. The summed E-state index contributed by atoms with van der Waals surface area (Å²) in [6.45, 7) is 23.6. The van der Waals surface area contributed by atoms with E-state index in [9.17, 15) is 0 Å². The van der Waals surface area contributed by atoms with Gasteiger partial charge in [0.1, 0.15) is 11.2 Å². The van der Waals surface area contributed by atoms with Crippen LogP contribution in [-0.2, 0) is 21.7 Å². The zero-order valence-electron chi connectivity index (χ0n) is 41.4. The van der Waals surface area contributed by atoms with Crippen LogP contribution >= 0.6 is 0 Å². The van der Waals surface area contributed by atoms with Crippen molar-refractivity contribution in [2.75, 3.05) is 9.71 Å². The van der Waals surface area contributed by atoms with Crippen LogP contribution in [0.2, 0.25) is 0 Å². The van der Waals surface area contributed by atoms with Crippen molar-refractivity contribution in [3.05, 3.63) is 186 Å². The highest BCUT2D eigenvalue weighted by molar-refractivity contribution is 6.93. The van der Waals surface area contributed by atoms with Crippen LogP contribution in [0, 0.1) is 0 Å². The van der Waals surface area contributed by atoms with Crippen LogP contribution < -0.4 is 20.6 Å². The molecule has 3 aliphatic rings. The van der Waals surface area contributed by atoms with Crippen LogP contribution in [0.3, 0.4) is 0 Å². The molecule has 3 heterocycles. The highest BCUT2D eigenvalue weighted by atomic mass is 16.3. The molecule has 336 valence electrons. The zero-order valence-corrected chi connectivity index (χ0v) is 41.4. The molecule has 12 rings (SSSR count). The molecule has 0 saturated heterocycles. The third kappa shape index (κ3) is 6.61. The molecular formula is C64H61BN2O. The third-order valence-electron chi connectivity index (χ3n) is 15.8. The standard InChI is InChI=1S/C64H61BN2O/c1-61(2,3)43-25-28-45(29-26-43)67-55-38-52-51(63(7,8)31-32-64(52,9)10)36-48(55)50-33-42(40-19-13-11-14-20-40)34-57-60(50)65(67)53-37-49-46-23-17-18-24-58(46)68-59(49)39-56(53)66(57)54-30-27-44(62(4,5)6)35-47(54)41-21-15-12-16-22-41/h11-30,33-39H,31-32H2,1-10H3. The lowest BCUT2D eigenvalue weighted by molar-refractivity contribution is 0.332. The van der Waals surface area contributed by atoms with Gasteiger partial charge in [0.15, 0.2) is 0 Å². The van der Waals surface area contributed by atoms with Crippen molar-refractivity contribution in [2.45, 2.75) is 104 Å². The number of para-hydroxylation sites is 1. The zero-order chi connectivity index (χ0) is 47.1. The van der Waals surface area contributed by atoms with Crippen molar-refractivity contribution in [3.8, 4) is 33.4 Å². The molecule has 0 bridgehead atoms. The highest BCUT2D eigenvalue weighted by Crippen LogP contribution is 2.55. The van der Waals surface area contributed by atoms with Gasteiger partial charge in [-0.15, -0.1) is 0 Å². The molecule has 0 unspecified atom stereocenters. The molecule has 4 heteroatoms. The minimum atomic E-state index is -0.158. The fourth-order valence-electron chi connectivity index (χ4n) is 11.7. The average molecular weight is 885 g/mol. The predicted octanol–water partition coefficient (Wildman–Crippen LogP) is 16.6. The van der Waals surface area contributed by atoms with Crippen molar-refractivity contribution in [3.63, 3.8) is 0 Å². The molecule has 1 aromatic heterocycles. The van der Waals surface area contributed by atoms with E-state index in [1.54, 1.807) is 0 Å². The molecular weight excluding hydrogens is 824 g/mol. The normalized spacial score (nSPS) is 15.8. The minimum Gasteiger partial charge on any atom is -0.456 e. The van der Waals surface area contributed by atoms with Gasteiger partial charge >= 0.3 is 6.85 Å². The summed E-state index contributed by atoms with van der Waals surface area (Å²) in [4.78, 5) is 5.30. The van der Waals surface area contributed by atoms with Crippen LogP contribution in [0.25, 0.3) is 55.3 Å². The smallest absolute Gasteiger partial charge is 0.333 e. The Morgan fingerprint density at radius 3 is 1.75 bits per heavy atom. The third-order valence-corrected chi connectivity index (χ3v) is 15.8. The summed E-state index contributed by atoms with van der Waals surface area (Å²) in [5.41, 5.74) is 23.3. The van der Waals surface area contributed by atoms with Crippen LogP contribution in [0.5, 0.6) is 0 Å². The first-order chi connectivity index (χ1) is 32.5. The van der Waals surface area contributed by atoms with E-state index in [2.05, 4.69) is 243 Å². The first kappa shape index (κ1) is 42.6. The quantitative estimate of drug-likeness (QED) is 0.164. The lowest BCUT2D eigenvalue weighted by Crippen LogP contribution is -2.61. The number of rotatable bonds is 4. The van der Waals surface area contributed by atoms with Crippen molar-refractivity contribution >= 4 is 68.1 Å². The molecule has 0 radical (unpaired) electrons. The van der Waals surface area contributed by atoms with Crippen molar-refractivity contribution < 1.29 is 4.42 Å². The summed E-state index contributed by atoms with van der Waals surface area (Å²) in [5, 5.41) is 2.27. The summed E-state index contributed by atoms with van der Waals surface area (Å²) in [7, 11) is 0. The lowest BCUT2D eigenvalue weighted by atomic mass is 9.43. The van der Waals surface area contributed by atoms with Crippen molar-refractivity contribution in [1.29, 1.82) is 0 Å². The van der Waals surface area contributed by atoms with E-state index in [1.165, 1.54) is 83.6 Å². The monoisotopic (exact) mass is 884 g/mol. The van der Waals surface area contributed by atoms with E-state index in [0.29, 0.717) is 0 Å². The van der Waals surface area contributed by atoms with Gasteiger partial charge in [0.25, 0.3) is 0 Å². The molecule has 0 N–H and O–H groups in total. The van der Waals surface area contributed by atoms with Gasteiger partial charge in [-0.25, -0.2) is 0 Å². The van der Waals surface area contributed by atoms with E-state index >= 15 is 0 Å². The summed E-state index contributed by atoms with van der Waals surface area (Å²) in [6.07, 6.45) is 2.30. The second-order valence-corrected chi connectivity index (χ2v) is 23.3. The average Bonchev–Trinajstić information content (AvgIpc) is 3.69. The molecule has 9 aromatic rings. The lowest BCUT2D eigenvalue weighted by Gasteiger charge is -2.48. The van der Waals surface area contributed by atoms with Crippen LogP contribution in [0.4, 0.5) is 28.4 Å². The molecule has 3 nitrogen and oxygen atoms in total. The van der Waals surface area contributed by atoms with Gasteiger partial charge in [-0.05, 0) is 145 Å². The predicted molar refractivity (Wildman–Crippen MR) is 291 cm³/mol. The maximum atomic E-state index is 6.85. The highest BCUT2D eigenvalue weighted by Gasteiger charge is 2.48. The Kier molecular flexibility index (Phi) is 9.30. The molecule has 0 spiro atoms. The molecule has 68 heavy (non-hydrogen) atoms. The fourth-order valence-corrected chi connectivity index (χ4v) is 11.7. The van der Waals surface area contributed by atoms with E-state index in [-0.39, 0.29) is 28.5 Å². The van der Waals surface area contributed by atoms with Gasteiger partial charge in [0.2, 0.25) is 0 Å². The first-order valence-electron chi connectivity index (χ1n) is 24.7. The molecule has 0 saturated carbocycles. The largest absolute Gasteiger partial charge is 0.456 e. The summed E-state index contributed by atoms with van der Waals surface area (Å²) < 4.78 is 6.85. The van der Waals surface area contributed by atoms with Gasteiger partial charge in [-0.3, -0.25) is 0 Å². The molecule has 1 aliphatic carbocycles. The second-order valence-electron chi connectivity index (χ2n) is 23.3. The van der Waals surface area contributed by atoms with E-state index in [4.69, 9.17) is 4.42 Å². The second kappa shape index (κ2) is 14.9. The summed E-state index contributed by atoms with van der Waals surface area (Å²) in [5.74, 6) is 0. The Labute approximate surface area is 403 Å². The molecule has 0 amide bonds. The van der Waals surface area contributed by atoms with Gasteiger partial charge < -0.3 is 14.1 Å². The number of fused-ring (bicyclic) bond motifs is 8. The maximum absolute atomic E-state index is 6.85. The van der Waals surface area contributed by atoms with Gasteiger partial charge in [0, 0.05) is 50.7 Å². The number of nitrogens with zero attached hydrogens (tertiary/aromatic N) is 2. The number of anilines is 5. The Morgan fingerprint density at radius 1 is 0.456 bits per heavy atom. The summed E-state index contributed by atoms with van der Waals surface area (Å²) in [6, 6.07) is 62.3. The maximum Gasteiger partial charge on any atom is 0.333 e. The van der Waals surface area contributed by atoms with Crippen LogP contribution in [-0.4, -0.2) is 6.85 Å². The Balaban J connectivity index is 1.26. The number of hydrogen-bond donors (Lipinski definition) is 0. The van der Waals surface area contributed by atoms with E-state index in [1.807, 2.05) is 0 Å². The molecule has 0 fully saturated rings. The molecule has 0 atom stereocenters. The van der Waals surface area contributed by atoms with Crippen LogP contribution in [0.1, 0.15) is 104 Å². The van der Waals surface area contributed by atoms with Crippen LogP contribution in [0.15, 0.2) is 168 Å². The van der Waals surface area contributed by atoms with Gasteiger partial charge in [0.05, 0.1) is 5.69 Å². The topological polar surface area (TPSA) is 19.6 Å². The Morgan fingerprint density at radius 2 is 1.07 bits per heavy atom. The SMILES string of the molecule is CC(C)(C)c1ccc(N2B3c4cc5c(cc4N(c4ccc(C(C)(C)C)cc4-c4ccccc4)c4cc(-c6ccccc6)cc(c43)-c3cc4c(cc32)C(C)(C)CCC4(C)C)oc2ccccc25)cc1. The van der Waals surface area contributed by atoms with E-state index in [0.717, 1.165) is 46.2 Å². The fraction of sp³-hybridized carbons (Fsp3) is 0.250. The summed E-state index contributed by atoms with van der Waals surface area (Å²) >= 11 is 0. The Hall–Kier alpha value is -6.78. The van der Waals surface area contributed by atoms with Crippen molar-refractivity contribution in [1.82, 2.24) is 0 Å². The Bertz CT molecular complexity index is 3470. The van der Waals surface area contributed by atoms with Gasteiger partial charge in [-0.1, -0.05) is 172 Å². The van der Waals surface area contributed by atoms with E-state index < -0.39 is 0 Å². The molecule has 8 aromatic carbocycles. The number of hydrogen-bond acceptors (Lipinski definition) is 3. The number of furan rings is 1. The first-order valence-corrected chi connectivity index (χ1v) is 24.7. The minimum absolute atomic E-state index is 0.0194. The van der Waals surface area contributed by atoms with Crippen molar-refractivity contribution in [2.24, 2.45) is 0 Å². The van der Waals surface area contributed by atoms with Gasteiger partial charge in [-0.2, -0.15) is 0 Å². The molecule has 2 aliphatic heterocycles.